The first-order chi connectivity index (χ1) is 9.22. The van der Waals surface area contributed by atoms with Crippen molar-refractivity contribution in [1.82, 2.24) is 19.1 Å². The zero-order chi connectivity index (χ0) is 15.4. The number of hydrogen-bond donors (Lipinski definition) is 2. The van der Waals surface area contributed by atoms with Crippen LogP contribution >= 0.6 is 0 Å². The molecule has 0 bridgehead atoms. The summed E-state index contributed by atoms with van der Waals surface area (Å²) >= 11 is 0. The van der Waals surface area contributed by atoms with Gasteiger partial charge in [-0.25, -0.2) is 9.78 Å². The number of H-pyrrole nitrogens is 1. The van der Waals surface area contributed by atoms with Crippen LogP contribution in [0.15, 0.2) is 26.8 Å². The number of aromatic amines is 1. The van der Waals surface area contributed by atoms with Gasteiger partial charge < -0.3 is 24.6 Å². The Balaban J connectivity index is 0. The quantitative estimate of drug-likeness (QED) is 0.485. The van der Waals surface area contributed by atoms with Crippen LogP contribution in [-0.4, -0.2) is 19.1 Å². The van der Waals surface area contributed by atoms with Crippen LogP contribution in [0.5, 0.6) is 0 Å². The van der Waals surface area contributed by atoms with E-state index in [1.54, 1.807) is 20.3 Å². The van der Waals surface area contributed by atoms with E-state index in [9.17, 15) is 14.4 Å². The van der Waals surface area contributed by atoms with Crippen molar-refractivity contribution in [2.24, 2.45) is 14.1 Å². The summed E-state index contributed by atoms with van der Waals surface area (Å²) < 4.78 is 2.60. The molecule has 0 atom stereocenters. The van der Waals surface area contributed by atoms with Crippen LogP contribution in [0.1, 0.15) is 11.1 Å². The number of nitrogen functional groups attached to an aromatic ring is 1. The minimum Gasteiger partial charge on any atom is -0.434 e. The molecule has 0 fully saturated rings. The second kappa shape index (κ2) is 10.2. The van der Waals surface area contributed by atoms with Gasteiger partial charge in [-0.05, 0) is 0 Å². The summed E-state index contributed by atoms with van der Waals surface area (Å²) in [6.45, 7) is 6.99. The summed E-state index contributed by atoms with van der Waals surface area (Å²) in [5.74, 6) is 0.197. The number of aromatic nitrogens is 4. The molecule has 8 nitrogen and oxygen atoms in total. The van der Waals surface area contributed by atoms with Gasteiger partial charge in [-0.2, -0.15) is 13.8 Å². The van der Waals surface area contributed by atoms with Crippen molar-refractivity contribution >= 4 is 5.82 Å². The molecule has 0 spiro atoms. The summed E-state index contributed by atoms with van der Waals surface area (Å²) in [6, 6.07) is 0. The molecule has 0 saturated carbocycles. The fraction of sp³-hybridized carbons (Fsp3) is 0.167. The molecule has 0 aliphatic rings. The molecule has 22 heavy (non-hydrogen) atoms. The molecule has 10 heteroatoms. The van der Waals surface area contributed by atoms with E-state index in [4.69, 9.17) is 5.73 Å². The Labute approximate surface area is 177 Å². The van der Waals surface area contributed by atoms with Gasteiger partial charge in [0.1, 0.15) is 5.56 Å². The van der Waals surface area contributed by atoms with E-state index in [0.717, 1.165) is 0 Å². The monoisotopic (exact) mass is 455 g/mol. The Morgan fingerprint density at radius 2 is 1.55 bits per heavy atom. The number of aryl methyl sites for hydroxylation is 2. The molecule has 0 saturated heterocycles. The predicted octanol–water partition coefficient (Wildman–Crippen LogP) is -1.20. The third kappa shape index (κ3) is 6.60. The Morgan fingerprint density at radius 1 is 1.05 bits per heavy atom. The maximum Gasteiger partial charge on any atom is 0.325 e. The molecule has 0 aliphatic carbocycles. The minimum atomic E-state index is -0.428. The molecule has 0 aromatic carbocycles. The number of nitrogens with one attached hydrogen (secondary N) is 1. The van der Waals surface area contributed by atoms with Crippen LogP contribution in [-0.2, 0) is 79.5 Å². The van der Waals surface area contributed by atoms with Crippen molar-refractivity contribution in [2.45, 2.75) is 0 Å². The van der Waals surface area contributed by atoms with E-state index in [-0.39, 0.29) is 76.9 Å². The number of anilines is 1. The first-order valence-electron chi connectivity index (χ1n) is 5.49. The summed E-state index contributed by atoms with van der Waals surface area (Å²) in [6.07, 6.45) is 2.94. The number of nitrogens with two attached hydrogens (primary N) is 1. The van der Waals surface area contributed by atoms with E-state index >= 15 is 0 Å². The third-order valence-electron chi connectivity index (χ3n) is 2.38. The summed E-state index contributed by atoms with van der Waals surface area (Å²) in [4.78, 5) is 37.7. The Bertz CT molecular complexity index is 763. The van der Waals surface area contributed by atoms with Crippen molar-refractivity contribution in [2.75, 3.05) is 5.73 Å². The van der Waals surface area contributed by atoms with Gasteiger partial charge >= 0.3 is 11.4 Å². The molecule has 2 heterocycles. The molecule has 2 aromatic rings. The smallest absolute Gasteiger partial charge is 0.325 e. The van der Waals surface area contributed by atoms with Crippen LogP contribution in [0.25, 0.3) is 0 Å². The first-order valence-corrected chi connectivity index (χ1v) is 5.49. The molecule has 114 valence electrons. The SMILES string of the molecule is [CH2-]c1cn(C)c(=O)[nH]c1=O.[CH2-]c1cn(C)c(=O)nc1N.[Y].[Y]. The van der Waals surface area contributed by atoms with E-state index in [0.29, 0.717) is 11.1 Å². The van der Waals surface area contributed by atoms with Gasteiger partial charge in [0.15, 0.2) is 0 Å². The molecular weight excluding hydrogens is 440 g/mol. The summed E-state index contributed by atoms with van der Waals surface area (Å²) in [5, 5.41) is 0. The molecule has 0 unspecified atom stereocenters. The molecule has 3 N–H and O–H groups in total. The average Bonchev–Trinajstić information content (AvgIpc) is 2.35. The largest absolute Gasteiger partial charge is 0.434 e. The van der Waals surface area contributed by atoms with Crippen molar-refractivity contribution in [3.05, 3.63) is 68.7 Å². The van der Waals surface area contributed by atoms with Crippen molar-refractivity contribution in [3.8, 4) is 0 Å². The Morgan fingerprint density at radius 3 is 2.00 bits per heavy atom. The third-order valence-corrected chi connectivity index (χ3v) is 2.38. The van der Waals surface area contributed by atoms with E-state index < -0.39 is 11.2 Å². The van der Waals surface area contributed by atoms with Crippen molar-refractivity contribution in [1.29, 1.82) is 0 Å². The Hall–Kier alpha value is -0.692. The molecule has 2 radical (unpaired) electrons. The van der Waals surface area contributed by atoms with Crippen molar-refractivity contribution < 1.29 is 65.4 Å². The van der Waals surface area contributed by atoms with Gasteiger partial charge in [-0.15, -0.1) is 11.1 Å². The van der Waals surface area contributed by atoms with Gasteiger partial charge in [-0.1, -0.05) is 12.4 Å². The first kappa shape index (κ1) is 23.6. The van der Waals surface area contributed by atoms with Gasteiger partial charge in [0, 0.05) is 85.3 Å². The summed E-state index contributed by atoms with van der Waals surface area (Å²) in [7, 11) is 3.15. The normalized spacial score (nSPS) is 8.82. The number of rotatable bonds is 0. The molecule has 0 aliphatic heterocycles. The van der Waals surface area contributed by atoms with E-state index in [1.807, 2.05) is 0 Å². The maximum absolute atomic E-state index is 10.7. The standard InChI is InChI=1S/C6H8N3O.C6H7N2O2.2Y/c1-4-3-9(2)6(10)8-5(4)7;1-4-3-8(2)6(10)7-5(4)9;;/h3H,1H2,2H3,(H2,7,8,10);3H,1H2,2H3,(H,7,9,10);;/q2*-1;;. The van der Waals surface area contributed by atoms with Crippen LogP contribution in [0.2, 0.25) is 0 Å². The second-order valence-corrected chi connectivity index (χ2v) is 4.07. The average molecular weight is 455 g/mol. The van der Waals surface area contributed by atoms with E-state index in [1.165, 1.54) is 15.3 Å². The molecule has 0 amide bonds. The zero-order valence-electron chi connectivity index (χ0n) is 12.4. The molecule has 2 rings (SSSR count). The van der Waals surface area contributed by atoms with E-state index in [2.05, 4.69) is 23.8 Å². The van der Waals surface area contributed by atoms with Gasteiger partial charge in [0.05, 0.1) is 0 Å². The fourth-order valence-electron chi connectivity index (χ4n) is 1.23. The van der Waals surface area contributed by atoms with Crippen LogP contribution < -0.4 is 22.7 Å². The minimum absolute atomic E-state index is 0. The second-order valence-electron chi connectivity index (χ2n) is 4.07. The molecule has 2 aromatic heterocycles. The van der Waals surface area contributed by atoms with Crippen molar-refractivity contribution in [3.63, 3.8) is 0 Å². The fourth-order valence-corrected chi connectivity index (χ4v) is 1.23. The maximum atomic E-state index is 10.7. The topological polar surface area (TPSA) is 116 Å². The predicted molar refractivity (Wildman–Crippen MR) is 75.1 cm³/mol. The summed E-state index contributed by atoms with van der Waals surface area (Å²) in [5.41, 5.74) is 4.96. The van der Waals surface area contributed by atoms with Gasteiger partial charge in [0.25, 0.3) is 0 Å². The Kier molecular flexibility index (Phi) is 10.9. The van der Waals surface area contributed by atoms with Crippen LogP contribution in [0, 0.1) is 13.8 Å². The van der Waals surface area contributed by atoms with Crippen LogP contribution in [0.3, 0.4) is 0 Å². The molecular formula is C12H15N5O3Y2-2. The van der Waals surface area contributed by atoms with Gasteiger partial charge in [0.2, 0.25) is 0 Å². The number of hydrogen-bond acceptors (Lipinski definition) is 5. The van der Waals surface area contributed by atoms with Gasteiger partial charge in [-0.3, -0.25) is 4.79 Å². The number of nitrogens with zero attached hydrogens (tertiary/aromatic N) is 3. The zero-order valence-corrected chi connectivity index (χ0v) is 18.0. The van der Waals surface area contributed by atoms with Crippen LogP contribution in [0.4, 0.5) is 5.82 Å².